The van der Waals surface area contributed by atoms with Crippen molar-refractivity contribution in [1.82, 2.24) is 4.90 Å². The lowest BCUT2D eigenvalue weighted by atomic mass is 9.68. The second-order valence-electron chi connectivity index (χ2n) is 6.51. The van der Waals surface area contributed by atoms with E-state index in [-0.39, 0.29) is 11.0 Å². The highest BCUT2D eigenvalue weighted by molar-refractivity contribution is 5.12. The van der Waals surface area contributed by atoms with Crippen molar-refractivity contribution in [3.63, 3.8) is 0 Å². The molecule has 2 aliphatic rings. The van der Waals surface area contributed by atoms with Gasteiger partial charge in [-0.3, -0.25) is 4.90 Å². The predicted molar refractivity (Wildman–Crippen MR) is 61.7 cm³/mol. The molecule has 0 aromatic rings. The SMILES string of the molecule is CC(C)C[C@]12C[C@@H](F)CN1CCC2(C)C. The molecule has 0 unspecified atom stereocenters. The van der Waals surface area contributed by atoms with E-state index in [2.05, 4.69) is 32.6 Å². The molecule has 2 heterocycles. The topological polar surface area (TPSA) is 3.24 Å². The standard InChI is InChI=1S/C13H24FN/c1-10(2)7-13-8-11(14)9-15(13)6-5-12(13,3)4/h10-11H,5-9H2,1-4H3/t11-,13-/m1/s1. The Labute approximate surface area is 93.0 Å². The summed E-state index contributed by atoms with van der Waals surface area (Å²) in [5.74, 6) is 0.662. The fraction of sp³-hybridized carbons (Fsp3) is 1.00. The molecular weight excluding hydrogens is 189 g/mol. The number of nitrogens with zero attached hydrogens (tertiary/aromatic N) is 1. The van der Waals surface area contributed by atoms with E-state index in [1.54, 1.807) is 0 Å². The van der Waals surface area contributed by atoms with Crippen LogP contribution in [0.25, 0.3) is 0 Å². The first-order chi connectivity index (χ1) is 6.87. The average molecular weight is 213 g/mol. The summed E-state index contributed by atoms with van der Waals surface area (Å²) in [4.78, 5) is 2.43. The Hall–Kier alpha value is -0.110. The average Bonchev–Trinajstić information content (AvgIpc) is 2.48. The molecule has 0 aromatic heterocycles. The first-order valence-electron chi connectivity index (χ1n) is 6.26. The van der Waals surface area contributed by atoms with Crippen molar-refractivity contribution in [2.75, 3.05) is 13.1 Å². The van der Waals surface area contributed by atoms with Gasteiger partial charge in [-0.05, 0) is 37.1 Å². The molecule has 2 rings (SSSR count). The maximum Gasteiger partial charge on any atom is 0.115 e. The van der Waals surface area contributed by atoms with Gasteiger partial charge in [0.1, 0.15) is 6.17 Å². The lowest BCUT2D eigenvalue weighted by Gasteiger charge is -2.44. The van der Waals surface area contributed by atoms with Crippen molar-refractivity contribution >= 4 is 0 Å². The number of fused-ring (bicyclic) bond motifs is 1. The molecule has 0 radical (unpaired) electrons. The van der Waals surface area contributed by atoms with E-state index in [1.807, 2.05) is 0 Å². The normalized spacial score (nSPS) is 40.0. The van der Waals surface area contributed by atoms with Crippen LogP contribution >= 0.6 is 0 Å². The van der Waals surface area contributed by atoms with E-state index < -0.39 is 6.17 Å². The molecule has 2 saturated heterocycles. The predicted octanol–water partition coefficient (Wildman–Crippen LogP) is 3.25. The maximum absolute atomic E-state index is 13.6. The van der Waals surface area contributed by atoms with Crippen LogP contribution in [0.2, 0.25) is 0 Å². The monoisotopic (exact) mass is 213 g/mol. The zero-order valence-corrected chi connectivity index (χ0v) is 10.5. The molecule has 0 bridgehead atoms. The summed E-state index contributed by atoms with van der Waals surface area (Å²) >= 11 is 0. The Morgan fingerprint density at radius 3 is 2.67 bits per heavy atom. The van der Waals surface area contributed by atoms with Crippen LogP contribution in [0.3, 0.4) is 0 Å². The van der Waals surface area contributed by atoms with Crippen molar-refractivity contribution in [3.8, 4) is 0 Å². The van der Waals surface area contributed by atoms with Gasteiger partial charge in [0.15, 0.2) is 0 Å². The largest absolute Gasteiger partial charge is 0.294 e. The van der Waals surface area contributed by atoms with Gasteiger partial charge in [0, 0.05) is 12.1 Å². The van der Waals surface area contributed by atoms with E-state index in [1.165, 1.54) is 6.42 Å². The summed E-state index contributed by atoms with van der Waals surface area (Å²) in [5, 5.41) is 0. The highest BCUT2D eigenvalue weighted by Crippen LogP contribution is 2.54. The van der Waals surface area contributed by atoms with E-state index in [0.29, 0.717) is 12.5 Å². The molecule has 0 amide bonds. The molecule has 2 heteroatoms. The van der Waals surface area contributed by atoms with Gasteiger partial charge in [0.2, 0.25) is 0 Å². The third kappa shape index (κ3) is 1.61. The van der Waals surface area contributed by atoms with E-state index in [0.717, 1.165) is 19.4 Å². The summed E-state index contributed by atoms with van der Waals surface area (Å²) in [7, 11) is 0. The fourth-order valence-electron chi connectivity index (χ4n) is 3.79. The Morgan fingerprint density at radius 2 is 2.07 bits per heavy atom. The van der Waals surface area contributed by atoms with Crippen LogP contribution in [0.1, 0.15) is 47.0 Å². The van der Waals surface area contributed by atoms with Crippen LogP contribution in [0.4, 0.5) is 4.39 Å². The second kappa shape index (κ2) is 3.44. The number of rotatable bonds is 2. The van der Waals surface area contributed by atoms with E-state index in [4.69, 9.17) is 0 Å². The van der Waals surface area contributed by atoms with Gasteiger partial charge in [0.25, 0.3) is 0 Å². The zero-order valence-electron chi connectivity index (χ0n) is 10.5. The molecule has 2 aliphatic heterocycles. The van der Waals surface area contributed by atoms with Crippen molar-refractivity contribution in [1.29, 1.82) is 0 Å². The highest BCUT2D eigenvalue weighted by Gasteiger charge is 2.58. The molecule has 0 saturated carbocycles. The molecule has 88 valence electrons. The number of hydrogen-bond donors (Lipinski definition) is 0. The second-order valence-corrected chi connectivity index (χ2v) is 6.51. The molecule has 0 aliphatic carbocycles. The van der Waals surface area contributed by atoms with Crippen LogP contribution in [-0.4, -0.2) is 29.7 Å². The van der Waals surface area contributed by atoms with Crippen LogP contribution in [0.15, 0.2) is 0 Å². The van der Waals surface area contributed by atoms with Gasteiger partial charge >= 0.3 is 0 Å². The summed E-state index contributed by atoms with van der Waals surface area (Å²) in [6.45, 7) is 10.9. The maximum atomic E-state index is 13.6. The van der Waals surface area contributed by atoms with Gasteiger partial charge in [-0.25, -0.2) is 4.39 Å². The van der Waals surface area contributed by atoms with Crippen molar-refractivity contribution in [2.24, 2.45) is 11.3 Å². The molecule has 2 atom stereocenters. The summed E-state index contributed by atoms with van der Waals surface area (Å²) in [5.41, 5.74) is 0.443. The third-order valence-corrected chi connectivity index (χ3v) is 4.60. The molecule has 2 fully saturated rings. The van der Waals surface area contributed by atoms with Gasteiger partial charge in [-0.15, -0.1) is 0 Å². The zero-order chi connectivity index (χ0) is 11.3. The molecular formula is C13H24FN. The number of alkyl halides is 1. The van der Waals surface area contributed by atoms with Crippen LogP contribution in [0, 0.1) is 11.3 Å². The highest BCUT2D eigenvalue weighted by atomic mass is 19.1. The Bertz CT molecular complexity index is 249. The lowest BCUT2D eigenvalue weighted by molar-refractivity contribution is 0.0691. The molecule has 0 aromatic carbocycles. The van der Waals surface area contributed by atoms with Crippen molar-refractivity contribution < 1.29 is 4.39 Å². The molecule has 1 nitrogen and oxygen atoms in total. The fourth-order valence-corrected chi connectivity index (χ4v) is 3.79. The Kier molecular flexibility index (Phi) is 2.61. The quantitative estimate of drug-likeness (QED) is 0.680. The summed E-state index contributed by atoms with van der Waals surface area (Å²) < 4.78 is 13.6. The smallest absolute Gasteiger partial charge is 0.115 e. The minimum Gasteiger partial charge on any atom is -0.294 e. The Morgan fingerprint density at radius 1 is 1.40 bits per heavy atom. The van der Waals surface area contributed by atoms with Crippen LogP contribution < -0.4 is 0 Å². The number of halogens is 1. The summed E-state index contributed by atoms with van der Waals surface area (Å²) in [6, 6.07) is 0. The van der Waals surface area contributed by atoms with Gasteiger partial charge < -0.3 is 0 Å². The molecule has 0 spiro atoms. The van der Waals surface area contributed by atoms with Gasteiger partial charge in [0.05, 0.1) is 0 Å². The van der Waals surface area contributed by atoms with Crippen LogP contribution in [0.5, 0.6) is 0 Å². The van der Waals surface area contributed by atoms with E-state index >= 15 is 0 Å². The molecule has 15 heavy (non-hydrogen) atoms. The lowest BCUT2D eigenvalue weighted by Crippen LogP contribution is -2.48. The third-order valence-electron chi connectivity index (χ3n) is 4.60. The van der Waals surface area contributed by atoms with Crippen molar-refractivity contribution in [3.05, 3.63) is 0 Å². The minimum atomic E-state index is -0.594. The summed E-state index contributed by atoms with van der Waals surface area (Å²) in [6.07, 6.45) is 2.55. The van der Waals surface area contributed by atoms with Crippen molar-refractivity contribution in [2.45, 2.75) is 58.7 Å². The first kappa shape index (κ1) is 11.4. The Balaban J connectivity index is 2.28. The van der Waals surface area contributed by atoms with Crippen LogP contribution in [-0.2, 0) is 0 Å². The molecule has 0 N–H and O–H groups in total. The van der Waals surface area contributed by atoms with Gasteiger partial charge in [-0.1, -0.05) is 27.7 Å². The number of hydrogen-bond acceptors (Lipinski definition) is 1. The first-order valence-corrected chi connectivity index (χ1v) is 6.26. The minimum absolute atomic E-state index is 0.153. The van der Waals surface area contributed by atoms with E-state index in [9.17, 15) is 4.39 Å². The van der Waals surface area contributed by atoms with Gasteiger partial charge in [-0.2, -0.15) is 0 Å².